The minimum absolute atomic E-state index is 0.263. The first-order valence-corrected chi connectivity index (χ1v) is 9.62. The van der Waals surface area contributed by atoms with Crippen molar-refractivity contribution < 1.29 is 22.4 Å². The highest BCUT2D eigenvalue weighted by atomic mass is 32.2. The number of rotatable bonds is 9. The fourth-order valence-electron chi connectivity index (χ4n) is 2.48. The molecule has 0 aliphatic carbocycles. The zero-order chi connectivity index (χ0) is 20.0. The molecular weight excluding hydrogens is 376 g/mol. The molecule has 0 spiro atoms. The van der Waals surface area contributed by atoms with Crippen LogP contribution in [0.15, 0.2) is 47.4 Å². The van der Waals surface area contributed by atoms with Crippen LogP contribution in [0.3, 0.4) is 0 Å². The summed E-state index contributed by atoms with van der Waals surface area (Å²) in [5.74, 6) is -0.895. The van der Waals surface area contributed by atoms with E-state index in [0.717, 1.165) is 25.0 Å². The van der Waals surface area contributed by atoms with E-state index >= 15 is 0 Å². The second-order valence-corrected chi connectivity index (χ2v) is 7.33. The summed E-state index contributed by atoms with van der Waals surface area (Å²) in [6.07, 6.45) is 2.89. The number of nitrogens with zero attached hydrogens (tertiary/aromatic N) is 2. The summed E-state index contributed by atoms with van der Waals surface area (Å²) < 4.78 is 29.6. The molecule has 9 nitrogen and oxygen atoms in total. The normalized spacial score (nSPS) is 11.1. The Kier molecular flexibility index (Phi) is 6.45. The zero-order valence-electron chi connectivity index (χ0n) is 14.5. The van der Waals surface area contributed by atoms with Crippen LogP contribution < -0.4 is 4.18 Å². The van der Waals surface area contributed by atoms with Gasteiger partial charge in [-0.1, -0.05) is 38.0 Å². The molecule has 0 radical (unpaired) electrons. The van der Waals surface area contributed by atoms with Crippen molar-refractivity contribution in [2.75, 3.05) is 0 Å². The van der Waals surface area contributed by atoms with Crippen LogP contribution in [-0.4, -0.2) is 18.3 Å². The molecule has 0 atom stereocenters. The fourth-order valence-corrected chi connectivity index (χ4v) is 3.46. The number of hydrogen-bond donors (Lipinski definition) is 0. The Morgan fingerprint density at radius 1 is 0.963 bits per heavy atom. The van der Waals surface area contributed by atoms with Crippen molar-refractivity contribution in [2.45, 2.75) is 37.5 Å². The minimum Gasteiger partial charge on any atom is -0.364 e. The molecule has 0 bridgehead atoms. The van der Waals surface area contributed by atoms with Gasteiger partial charge < -0.3 is 4.18 Å². The van der Waals surface area contributed by atoms with E-state index in [1.807, 2.05) is 6.92 Å². The predicted octanol–water partition coefficient (Wildman–Crippen LogP) is 4.00. The lowest BCUT2D eigenvalue weighted by Crippen LogP contribution is -2.12. The molecule has 0 fully saturated rings. The Morgan fingerprint density at radius 3 is 2.00 bits per heavy atom. The van der Waals surface area contributed by atoms with E-state index < -0.39 is 37.1 Å². The van der Waals surface area contributed by atoms with Crippen molar-refractivity contribution >= 4 is 21.5 Å². The first-order valence-electron chi connectivity index (χ1n) is 8.21. The van der Waals surface area contributed by atoms with Gasteiger partial charge in [0.15, 0.2) is 0 Å². The molecule has 0 saturated carbocycles. The lowest BCUT2D eigenvalue weighted by atomic mass is 10.1. The third kappa shape index (κ3) is 5.00. The van der Waals surface area contributed by atoms with E-state index in [4.69, 9.17) is 4.18 Å². The van der Waals surface area contributed by atoms with Gasteiger partial charge in [0.05, 0.1) is 9.85 Å². The summed E-state index contributed by atoms with van der Waals surface area (Å²) in [5, 5.41) is 22.8. The summed E-state index contributed by atoms with van der Waals surface area (Å²) in [7, 11) is -4.47. The highest BCUT2D eigenvalue weighted by Crippen LogP contribution is 2.40. The van der Waals surface area contributed by atoms with E-state index in [0.29, 0.717) is 18.4 Å². The predicted molar refractivity (Wildman–Crippen MR) is 97.2 cm³/mol. The first-order chi connectivity index (χ1) is 12.8. The molecule has 0 heterocycles. The van der Waals surface area contributed by atoms with Crippen molar-refractivity contribution in [3.8, 4) is 5.75 Å². The molecule has 0 aliphatic rings. The van der Waals surface area contributed by atoms with Gasteiger partial charge in [0.25, 0.3) is 5.75 Å². The van der Waals surface area contributed by atoms with Crippen molar-refractivity contribution in [2.24, 2.45) is 0 Å². The van der Waals surface area contributed by atoms with Crippen molar-refractivity contribution in [3.63, 3.8) is 0 Å². The number of nitro benzene ring substituents is 2. The summed E-state index contributed by atoms with van der Waals surface area (Å²) in [6.45, 7) is 1.98. The van der Waals surface area contributed by atoms with E-state index in [1.165, 1.54) is 24.3 Å². The second kappa shape index (κ2) is 8.58. The molecule has 2 aromatic carbocycles. The van der Waals surface area contributed by atoms with Crippen LogP contribution >= 0.6 is 0 Å². The van der Waals surface area contributed by atoms with Crippen LogP contribution in [0.5, 0.6) is 5.75 Å². The number of aryl methyl sites for hydroxylation is 1. The molecule has 0 aromatic heterocycles. The molecule has 2 rings (SSSR count). The molecule has 2 aromatic rings. The van der Waals surface area contributed by atoms with E-state index in [9.17, 15) is 28.6 Å². The van der Waals surface area contributed by atoms with Crippen LogP contribution in [0.1, 0.15) is 31.7 Å². The van der Waals surface area contributed by atoms with Crippen LogP contribution in [-0.2, 0) is 16.5 Å². The Labute approximate surface area is 156 Å². The maximum absolute atomic E-state index is 12.4. The van der Waals surface area contributed by atoms with Gasteiger partial charge in [0.1, 0.15) is 4.90 Å². The Balaban J connectivity index is 2.53. The Morgan fingerprint density at radius 2 is 1.52 bits per heavy atom. The monoisotopic (exact) mass is 394 g/mol. The number of benzene rings is 2. The number of unbranched alkanes of at least 4 members (excludes halogenated alkanes) is 2. The average molecular weight is 394 g/mol. The molecular formula is C17H18N2O7S. The molecule has 0 amide bonds. The maximum Gasteiger partial charge on any atom is 0.339 e. The van der Waals surface area contributed by atoms with Gasteiger partial charge in [-0.3, -0.25) is 20.2 Å². The number of nitro groups is 2. The van der Waals surface area contributed by atoms with Crippen molar-refractivity contribution in [3.05, 3.63) is 68.3 Å². The smallest absolute Gasteiger partial charge is 0.339 e. The summed E-state index contributed by atoms with van der Waals surface area (Å²) in [5.41, 5.74) is -1.13. The molecule has 0 unspecified atom stereocenters. The number of hydrogen-bond acceptors (Lipinski definition) is 7. The fraction of sp³-hybridized carbons (Fsp3) is 0.294. The highest BCUT2D eigenvalue weighted by molar-refractivity contribution is 7.87. The third-order valence-electron chi connectivity index (χ3n) is 3.80. The second-order valence-electron chi connectivity index (χ2n) is 5.79. The van der Waals surface area contributed by atoms with Crippen LogP contribution in [0.25, 0.3) is 0 Å². The Hall–Kier alpha value is -3.01. The van der Waals surface area contributed by atoms with Crippen molar-refractivity contribution in [1.82, 2.24) is 0 Å². The lowest BCUT2D eigenvalue weighted by Gasteiger charge is -2.09. The van der Waals surface area contributed by atoms with Crippen molar-refractivity contribution in [1.29, 1.82) is 0 Å². The molecule has 144 valence electrons. The Bertz CT molecular complexity index is 908. The molecule has 0 saturated heterocycles. The summed E-state index contributed by atoms with van der Waals surface area (Å²) in [6, 6.07) is 9.16. The van der Waals surface area contributed by atoms with Gasteiger partial charge in [0.2, 0.25) is 0 Å². The molecule has 27 heavy (non-hydrogen) atoms. The van der Waals surface area contributed by atoms with Gasteiger partial charge in [-0.25, -0.2) is 0 Å². The van der Waals surface area contributed by atoms with Gasteiger partial charge in [0, 0.05) is 12.1 Å². The van der Waals surface area contributed by atoms with Gasteiger partial charge in [-0.15, -0.1) is 0 Å². The topological polar surface area (TPSA) is 130 Å². The van der Waals surface area contributed by atoms with Gasteiger partial charge in [-0.2, -0.15) is 8.42 Å². The standard InChI is InChI=1S/C17H18N2O7S/c1-2-3-5-8-13-11-15(18(20)21)17(16(12-13)19(22)23)26-27(24,25)14-9-6-4-7-10-14/h4,6-7,9-12H,2-3,5,8H2,1H3. The van der Waals surface area contributed by atoms with Gasteiger partial charge in [-0.05, 0) is 30.5 Å². The van der Waals surface area contributed by atoms with Gasteiger partial charge >= 0.3 is 21.5 Å². The molecule has 0 N–H and O–H groups in total. The molecule has 0 aliphatic heterocycles. The highest BCUT2D eigenvalue weighted by Gasteiger charge is 2.33. The van der Waals surface area contributed by atoms with E-state index in [2.05, 4.69) is 0 Å². The van der Waals surface area contributed by atoms with E-state index in [-0.39, 0.29) is 4.90 Å². The van der Waals surface area contributed by atoms with E-state index in [1.54, 1.807) is 6.07 Å². The van der Waals surface area contributed by atoms with Crippen LogP contribution in [0.4, 0.5) is 11.4 Å². The first kappa shape index (κ1) is 20.3. The summed E-state index contributed by atoms with van der Waals surface area (Å²) >= 11 is 0. The largest absolute Gasteiger partial charge is 0.364 e. The average Bonchev–Trinajstić information content (AvgIpc) is 2.62. The lowest BCUT2D eigenvalue weighted by molar-refractivity contribution is -0.395. The minimum atomic E-state index is -4.47. The summed E-state index contributed by atoms with van der Waals surface area (Å²) in [4.78, 5) is 20.8. The zero-order valence-corrected chi connectivity index (χ0v) is 15.3. The molecule has 10 heteroatoms. The quantitative estimate of drug-likeness (QED) is 0.272. The van der Waals surface area contributed by atoms with Crippen LogP contribution in [0, 0.1) is 20.2 Å². The third-order valence-corrected chi connectivity index (χ3v) is 5.03. The SMILES string of the molecule is CCCCCc1cc([N+](=O)[O-])c(OS(=O)(=O)c2ccccc2)c([N+](=O)[O-])c1. The van der Waals surface area contributed by atoms with Crippen LogP contribution in [0.2, 0.25) is 0 Å². The maximum atomic E-state index is 12.4.